The summed E-state index contributed by atoms with van der Waals surface area (Å²) in [6, 6.07) is 14.2. The van der Waals surface area contributed by atoms with Crippen LogP contribution in [-0.4, -0.2) is 31.9 Å². The average Bonchev–Trinajstić information content (AvgIpc) is 3.02. The van der Waals surface area contributed by atoms with Gasteiger partial charge in [-0.2, -0.15) is 0 Å². The molecule has 1 N–H and O–H groups in total. The molecule has 24 heavy (non-hydrogen) atoms. The number of carbonyl (C=O) groups excluding carboxylic acids is 1. The van der Waals surface area contributed by atoms with Gasteiger partial charge in [-0.15, -0.1) is 0 Å². The Morgan fingerprint density at radius 1 is 0.958 bits per heavy atom. The smallest absolute Gasteiger partial charge is 0.337 e. The Balaban J connectivity index is 1.98. The summed E-state index contributed by atoms with van der Waals surface area (Å²) >= 11 is 0. The van der Waals surface area contributed by atoms with Gasteiger partial charge in [-0.25, -0.2) is 4.79 Å². The van der Waals surface area contributed by atoms with Gasteiger partial charge in [0.1, 0.15) is 24.2 Å². The van der Waals surface area contributed by atoms with Gasteiger partial charge in [0.15, 0.2) is 0 Å². The molecule has 1 aliphatic rings. The minimum absolute atomic E-state index is 0.147. The van der Waals surface area contributed by atoms with E-state index in [2.05, 4.69) is 0 Å². The Morgan fingerprint density at radius 3 is 2.04 bits per heavy atom. The molecule has 0 aromatic heterocycles. The second kappa shape index (κ2) is 6.76. The molecule has 0 bridgehead atoms. The summed E-state index contributed by atoms with van der Waals surface area (Å²) in [5.74, 6) is 0.912. The van der Waals surface area contributed by atoms with Crippen molar-refractivity contribution in [2.24, 2.45) is 0 Å². The number of aliphatic hydroxyl groups is 1. The van der Waals surface area contributed by atoms with Gasteiger partial charge in [-0.1, -0.05) is 24.3 Å². The van der Waals surface area contributed by atoms with Gasteiger partial charge in [0, 0.05) is 5.57 Å². The number of esters is 1. The van der Waals surface area contributed by atoms with Gasteiger partial charge in [0.25, 0.3) is 0 Å². The van der Waals surface area contributed by atoms with Crippen LogP contribution in [0.4, 0.5) is 0 Å². The van der Waals surface area contributed by atoms with Crippen molar-refractivity contribution >= 4 is 11.5 Å². The molecule has 0 aliphatic carbocycles. The zero-order chi connectivity index (χ0) is 17.1. The molecule has 2 aromatic rings. The Kier molecular flexibility index (Phi) is 4.53. The fraction of sp³-hybridized carbons (Fsp3) is 0.211. The molecule has 0 amide bonds. The normalized spacial score (nSPS) is 15.2. The van der Waals surface area contributed by atoms with Gasteiger partial charge >= 0.3 is 5.97 Å². The van der Waals surface area contributed by atoms with Crippen molar-refractivity contribution in [3.63, 3.8) is 0 Å². The number of carbonyl (C=O) groups is 1. The Bertz CT molecular complexity index is 759. The zero-order valence-electron chi connectivity index (χ0n) is 13.5. The topological polar surface area (TPSA) is 65.0 Å². The number of methoxy groups -OCH3 is 2. The van der Waals surface area contributed by atoms with E-state index >= 15 is 0 Å². The third-order valence-corrected chi connectivity index (χ3v) is 4.04. The SMILES string of the molecule is COc1ccc(C2=C(C(O)c3ccc(OC)cc3)C(=O)OC2)cc1. The third kappa shape index (κ3) is 2.98. The first kappa shape index (κ1) is 16.1. The lowest BCUT2D eigenvalue weighted by molar-refractivity contribution is -0.136. The largest absolute Gasteiger partial charge is 0.497 e. The Morgan fingerprint density at radius 2 is 1.50 bits per heavy atom. The van der Waals surface area contributed by atoms with E-state index in [0.717, 1.165) is 11.3 Å². The fourth-order valence-corrected chi connectivity index (χ4v) is 2.68. The maximum atomic E-state index is 12.1. The number of ether oxygens (including phenoxy) is 3. The van der Waals surface area contributed by atoms with Crippen LogP contribution in [0.3, 0.4) is 0 Å². The molecule has 0 fully saturated rings. The lowest BCUT2D eigenvalue weighted by Gasteiger charge is -2.13. The quantitative estimate of drug-likeness (QED) is 0.856. The monoisotopic (exact) mass is 326 g/mol. The van der Waals surface area contributed by atoms with Crippen molar-refractivity contribution < 1.29 is 24.1 Å². The molecule has 0 radical (unpaired) electrons. The van der Waals surface area contributed by atoms with E-state index in [9.17, 15) is 9.90 Å². The predicted octanol–water partition coefficient (Wildman–Crippen LogP) is 2.75. The van der Waals surface area contributed by atoms with Crippen LogP contribution in [-0.2, 0) is 9.53 Å². The summed E-state index contributed by atoms with van der Waals surface area (Å²) < 4.78 is 15.4. The van der Waals surface area contributed by atoms with Crippen LogP contribution < -0.4 is 9.47 Å². The summed E-state index contributed by atoms with van der Waals surface area (Å²) in [6.45, 7) is 0.147. The number of hydrogen-bond acceptors (Lipinski definition) is 5. The van der Waals surface area contributed by atoms with Gasteiger partial charge < -0.3 is 19.3 Å². The van der Waals surface area contributed by atoms with E-state index in [0.29, 0.717) is 16.9 Å². The van der Waals surface area contributed by atoms with Gasteiger partial charge in [-0.3, -0.25) is 0 Å². The zero-order valence-corrected chi connectivity index (χ0v) is 13.5. The predicted molar refractivity (Wildman–Crippen MR) is 88.8 cm³/mol. The molecular formula is C19H18O5. The molecular weight excluding hydrogens is 308 g/mol. The summed E-state index contributed by atoms with van der Waals surface area (Å²) in [6.07, 6.45) is -1.05. The lowest BCUT2D eigenvalue weighted by Crippen LogP contribution is -2.09. The summed E-state index contributed by atoms with van der Waals surface area (Å²) in [7, 11) is 3.17. The summed E-state index contributed by atoms with van der Waals surface area (Å²) in [5, 5.41) is 10.7. The van der Waals surface area contributed by atoms with E-state index in [1.54, 1.807) is 38.5 Å². The minimum Gasteiger partial charge on any atom is -0.497 e. The van der Waals surface area contributed by atoms with Crippen LogP contribution in [0.1, 0.15) is 17.2 Å². The van der Waals surface area contributed by atoms with Gasteiger partial charge in [-0.05, 0) is 35.4 Å². The van der Waals surface area contributed by atoms with Crippen molar-refractivity contribution in [3.8, 4) is 11.5 Å². The standard InChI is InChI=1S/C19H18O5/c1-22-14-7-3-12(4-8-14)16-11-24-19(21)17(16)18(20)13-5-9-15(23-2)10-6-13/h3-10,18,20H,11H2,1-2H3. The van der Waals surface area contributed by atoms with Crippen LogP contribution in [0.2, 0.25) is 0 Å². The molecule has 3 rings (SSSR count). The van der Waals surface area contributed by atoms with E-state index < -0.39 is 12.1 Å². The van der Waals surface area contributed by atoms with Crippen molar-refractivity contribution in [1.29, 1.82) is 0 Å². The van der Waals surface area contributed by atoms with Crippen molar-refractivity contribution in [3.05, 3.63) is 65.2 Å². The van der Waals surface area contributed by atoms with E-state index in [-0.39, 0.29) is 12.2 Å². The van der Waals surface area contributed by atoms with Crippen LogP contribution in [0.5, 0.6) is 11.5 Å². The highest BCUT2D eigenvalue weighted by Crippen LogP contribution is 2.35. The minimum atomic E-state index is -1.05. The first-order valence-electron chi connectivity index (χ1n) is 7.50. The van der Waals surface area contributed by atoms with Crippen LogP contribution in [0.25, 0.3) is 5.57 Å². The second-order valence-corrected chi connectivity index (χ2v) is 5.37. The Labute approximate surface area is 140 Å². The van der Waals surface area contributed by atoms with Gasteiger partial charge in [0.05, 0.1) is 19.8 Å². The molecule has 5 heteroatoms. The summed E-state index contributed by atoms with van der Waals surface area (Å²) in [4.78, 5) is 12.1. The van der Waals surface area contributed by atoms with E-state index in [1.807, 2.05) is 24.3 Å². The molecule has 0 saturated carbocycles. The first-order chi connectivity index (χ1) is 11.6. The van der Waals surface area contributed by atoms with E-state index in [4.69, 9.17) is 14.2 Å². The van der Waals surface area contributed by atoms with Crippen molar-refractivity contribution in [2.45, 2.75) is 6.10 Å². The number of hydrogen-bond donors (Lipinski definition) is 1. The molecule has 1 atom stereocenters. The fourth-order valence-electron chi connectivity index (χ4n) is 2.68. The maximum Gasteiger partial charge on any atom is 0.337 e. The molecule has 1 heterocycles. The molecule has 1 unspecified atom stereocenters. The van der Waals surface area contributed by atoms with Crippen LogP contribution in [0, 0.1) is 0 Å². The number of benzene rings is 2. The number of rotatable bonds is 5. The summed E-state index contributed by atoms with van der Waals surface area (Å²) in [5.41, 5.74) is 2.39. The maximum absolute atomic E-state index is 12.1. The molecule has 1 aliphatic heterocycles. The van der Waals surface area contributed by atoms with Crippen molar-refractivity contribution in [2.75, 3.05) is 20.8 Å². The molecule has 5 nitrogen and oxygen atoms in total. The highest BCUT2D eigenvalue weighted by molar-refractivity contribution is 6.02. The van der Waals surface area contributed by atoms with Crippen LogP contribution >= 0.6 is 0 Å². The molecule has 0 spiro atoms. The highest BCUT2D eigenvalue weighted by atomic mass is 16.5. The van der Waals surface area contributed by atoms with E-state index in [1.165, 1.54) is 0 Å². The first-order valence-corrected chi connectivity index (χ1v) is 7.50. The van der Waals surface area contributed by atoms with Gasteiger partial charge in [0.2, 0.25) is 0 Å². The van der Waals surface area contributed by atoms with Crippen molar-refractivity contribution in [1.82, 2.24) is 0 Å². The molecule has 124 valence electrons. The van der Waals surface area contributed by atoms with Crippen LogP contribution in [0.15, 0.2) is 54.1 Å². The second-order valence-electron chi connectivity index (χ2n) is 5.37. The highest BCUT2D eigenvalue weighted by Gasteiger charge is 2.32. The molecule has 2 aromatic carbocycles. The number of cyclic esters (lactones) is 1. The number of aliphatic hydroxyl groups excluding tert-OH is 1. The third-order valence-electron chi connectivity index (χ3n) is 4.04. The average molecular weight is 326 g/mol. The molecule has 0 saturated heterocycles. The Hall–Kier alpha value is -2.79. The lowest BCUT2D eigenvalue weighted by atomic mass is 9.94.